The van der Waals surface area contributed by atoms with Crippen molar-refractivity contribution in [2.75, 3.05) is 19.8 Å². The van der Waals surface area contributed by atoms with Gasteiger partial charge >= 0.3 is 0 Å². The second kappa shape index (κ2) is 13.3. The molecule has 0 aliphatic rings. The number of rotatable bonds is 15. The molecule has 1 aromatic carbocycles. The standard InChI is InChI=1S/C22H36O3Si/c1-6-9-15-23-22(24-16-10-7-2,25-17-11-8-3)26-21-14-12-13-20(18-21)19(4)5/h12-14,18H,4,6-11,15-17H2,1-3,5H3. The van der Waals surface area contributed by atoms with E-state index >= 15 is 0 Å². The molecule has 0 atom stereocenters. The average Bonchev–Trinajstić information content (AvgIpc) is 2.62. The highest BCUT2D eigenvalue weighted by molar-refractivity contribution is 6.55. The van der Waals surface area contributed by atoms with E-state index in [1.807, 2.05) is 6.92 Å². The summed E-state index contributed by atoms with van der Waals surface area (Å²) in [6.45, 7) is 14.5. The second-order valence-corrected chi connectivity index (χ2v) is 8.09. The molecule has 1 rings (SSSR count). The molecule has 0 saturated heterocycles. The summed E-state index contributed by atoms with van der Waals surface area (Å²) in [5.74, 6) is 0. The average molecular weight is 377 g/mol. The quantitative estimate of drug-likeness (QED) is 0.242. The summed E-state index contributed by atoms with van der Waals surface area (Å²) in [4.78, 5) is 0. The van der Waals surface area contributed by atoms with Gasteiger partial charge in [0, 0.05) is 0 Å². The monoisotopic (exact) mass is 376 g/mol. The molecule has 0 N–H and O–H groups in total. The van der Waals surface area contributed by atoms with Gasteiger partial charge < -0.3 is 14.2 Å². The van der Waals surface area contributed by atoms with Crippen molar-refractivity contribution in [3.05, 3.63) is 36.4 Å². The topological polar surface area (TPSA) is 27.7 Å². The Hall–Kier alpha value is -0.943. The Balaban J connectivity index is 2.98. The van der Waals surface area contributed by atoms with Crippen LogP contribution in [0.5, 0.6) is 0 Å². The van der Waals surface area contributed by atoms with Gasteiger partial charge in [-0.2, -0.15) is 0 Å². The van der Waals surface area contributed by atoms with Gasteiger partial charge in [0.25, 0.3) is 5.60 Å². The predicted octanol–water partition coefficient (Wildman–Crippen LogP) is 5.11. The minimum absolute atomic E-state index is 0.281. The first kappa shape index (κ1) is 23.1. The molecule has 0 aromatic heterocycles. The van der Waals surface area contributed by atoms with Gasteiger partial charge in [0.1, 0.15) is 0 Å². The highest BCUT2D eigenvalue weighted by Crippen LogP contribution is 2.18. The molecular formula is C22H36O3Si. The van der Waals surface area contributed by atoms with E-state index in [9.17, 15) is 0 Å². The maximum Gasteiger partial charge on any atom is 0.257 e. The minimum Gasteiger partial charge on any atom is -0.332 e. The summed E-state index contributed by atoms with van der Waals surface area (Å²) in [7, 11) is 0.281. The summed E-state index contributed by atoms with van der Waals surface area (Å²) >= 11 is 0. The zero-order chi connectivity index (χ0) is 19.3. The van der Waals surface area contributed by atoms with Gasteiger partial charge in [0.2, 0.25) is 9.52 Å². The Kier molecular flexibility index (Phi) is 11.8. The van der Waals surface area contributed by atoms with Gasteiger partial charge in [-0.3, -0.25) is 0 Å². The lowest BCUT2D eigenvalue weighted by Crippen LogP contribution is -2.50. The molecule has 26 heavy (non-hydrogen) atoms. The Morgan fingerprint density at radius 1 is 0.923 bits per heavy atom. The molecule has 0 heterocycles. The maximum atomic E-state index is 6.21. The van der Waals surface area contributed by atoms with E-state index in [0.29, 0.717) is 19.8 Å². The molecule has 146 valence electrons. The second-order valence-electron chi connectivity index (χ2n) is 6.65. The van der Waals surface area contributed by atoms with Crippen molar-refractivity contribution in [1.82, 2.24) is 0 Å². The molecular weight excluding hydrogens is 340 g/mol. The highest BCUT2D eigenvalue weighted by atomic mass is 28.2. The fraction of sp³-hybridized carbons (Fsp3) is 0.636. The molecule has 0 spiro atoms. The Labute approximate surface area is 162 Å². The van der Waals surface area contributed by atoms with Crippen LogP contribution >= 0.6 is 0 Å². The lowest BCUT2D eigenvalue weighted by atomic mass is 10.1. The van der Waals surface area contributed by atoms with Gasteiger partial charge in [0.05, 0.1) is 19.8 Å². The number of allylic oxidation sites excluding steroid dienone is 1. The van der Waals surface area contributed by atoms with E-state index in [0.717, 1.165) is 49.7 Å². The normalized spacial score (nSPS) is 11.7. The van der Waals surface area contributed by atoms with Gasteiger partial charge in [-0.1, -0.05) is 81.6 Å². The molecule has 4 heteroatoms. The van der Waals surface area contributed by atoms with Crippen molar-refractivity contribution >= 4 is 20.3 Å². The van der Waals surface area contributed by atoms with E-state index in [1.54, 1.807) is 0 Å². The van der Waals surface area contributed by atoms with Crippen LogP contribution in [0.2, 0.25) is 0 Å². The van der Waals surface area contributed by atoms with E-state index in [-0.39, 0.29) is 9.52 Å². The van der Waals surface area contributed by atoms with Crippen molar-refractivity contribution in [2.45, 2.75) is 71.8 Å². The summed E-state index contributed by atoms with van der Waals surface area (Å²) in [5, 5.41) is 1.18. The van der Waals surface area contributed by atoms with Crippen molar-refractivity contribution in [2.24, 2.45) is 0 Å². The molecule has 0 saturated carbocycles. The van der Waals surface area contributed by atoms with E-state index in [2.05, 4.69) is 51.6 Å². The lowest BCUT2D eigenvalue weighted by molar-refractivity contribution is -0.327. The van der Waals surface area contributed by atoms with Crippen molar-refractivity contribution in [3.63, 3.8) is 0 Å². The molecule has 0 amide bonds. The number of hydrogen-bond acceptors (Lipinski definition) is 3. The van der Waals surface area contributed by atoms with Crippen LogP contribution in [-0.2, 0) is 14.2 Å². The van der Waals surface area contributed by atoms with Crippen LogP contribution in [0.4, 0.5) is 0 Å². The van der Waals surface area contributed by atoms with Crippen LogP contribution in [-0.4, -0.2) is 34.9 Å². The van der Waals surface area contributed by atoms with E-state index < -0.39 is 5.60 Å². The van der Waals surface area contributed by atoms with Gasteiger partial charge in [-0.15, -0.1) is 0 Å². The Morgan fingerprint density at radius 3 is 1.85 bits per heavy atom. The van der Waals surface area contributed by atoms with E-state index in [4.69, 9.17) is 14.2 Å². The fourth-order valence-corrected chi connectivity index (χ4v) is 3.61. The maximum absolute atomic E-state index is 6.21. The Bertz CT molecular complexity index is 489. The van der Waals surface area contributed by atoms with Crippen LogP contribution in [0.1, 0.15) is 71.8 Å². The van der Waals surface area contributed by atoms with Crippen LogP contribution in [0.15, 0.2) is 30.8 Å². The van der Waals surface area contributed by atoms with E-state index in [1.165, 1.54) is 5.19 Å². The van der Waals surface area contributed by atoms with Crippen molar-refractivity contribution in [1.29, 1.82) is 0 Å². The molecule has 0 aliphatic heterocycles. The highest BCUT2D eigenvalue weighted by Gasteiger charge is 2.35. The van der Waals surface area contributed by atoms with Crippen LogP contribution < -0.4 is 5.19 Å². The van der Waals surface area contributed by atoms with Crippen LogP contribution in [0.25, 0.3) is 5.57 Å². The Morgan fingerprint density at radius 2 is 1.42 bits per heavy atom. The first-order chi connectivity index (χ1) is 12.6. The summed E-state index contributed by atoms with van der Waals surface area (Å²) in [6.07, 6.45) is 6.29. The van der Waals surface area contributed by atoms with Gasteiger partial charge in [-0.05, 0) is 31.7 Å². The summed E-state index contributed by atoms with van der Waals surface area (Å²) in [5.41, 5.74) is 1.25. The summed E-state index contributed by atoms with van der Waals surface area (Å²) in [6, 6.07) is 8.45. The summed E-state index contributed by atoms with van der Waals surface area (Å²) < 4.78 is 18.6. The zero-order valence-corrected chi connectivity index (χ0v) is 18.1. The first-order valence-corrected chi connectivity index (χ1v) is 11.0. The zero-order valence-electron chi connectivity index (χ0n) is 17.1. The largest absolute Gasteiger partial charge is 0.332 e. The van der Waals surface area contributed by atoms with Gasteiger partial charge in [0.15, 0.2) is 0 Å². The molecule has 0 aliphatic carbocycles. The molecule has 1 aromatic rings. The number of ether oxygens (including phenoxy) is 3. The molecule has 0 unspecified atom stereocenters. The SMILES string of the molecule is C=C(C)c1cccc([Si]C(OCCCC)(OCCCC)OCCCC)c1. The van der Waals surface area contributed by atoms with Crippen molar-refractivity contribution < 1.29 is 14.2 Å². The van der Waals surface area contributed by atoms with Crippen LogP contribution in [0, 0.1) is 0 Å². The first-order valence-electron chi connectivity index (χ1n) is 10.0. The number of benzene rings is 1. The van der Waals surface area contributed by atoms with Gasteiger partial charge in [-0.25, -0.2) is 0 Å². The van der Waals surface area contributed by atoms with Crippen LogP contribution in [0.3, 0.4) is 0 Å². The number of unbranched alkanes of at least 4 members (excludes halogenated alkanes) is 3. The van der Waals surface area contributed by atoms with Crippen molar-refractivity contribution in [3.8, 4) is 0 Å². The predicted molar refractivity (Wildman–Crippen MR) is 112 cm³/mol. The molecule has 0 bridgehead atoms. The smallest absolute Gasteiger partial charge is 0.257 e. The third-order valence-corrected chi connectivity index (χ3v) is 5.36. The third kappa shape index (κ3) is 8.63. The minimum atomic E-state index is -0.965. The lowest BCUT2D eigenvalue weighted by Gasteiger charge is -2.33. The third-order valence-electron chi connectivity index (χ3n) is 4.02. The number of hydrogen-bond donors (Lipinski definition) is 0. The fourth-order valence-electron chi connectivity index (χ4n) is 2.33. The molecule has 2 radical (unpaired) electrons. The molecule has 3 nitrogen and oxygen atoms in total. The molecule has 0 fully saturated rings.